The fourth-order valence-electron chi connectivity index (χ4n) is 1.39. The number of aliphatic hydroxyl groups excluding tert-OH is 1. The van der Waals surface area contributed by atoms with Crippen LogP contribution >= 0.6 is 0 Å². The summed E-state index contributed by atoms with van der Waals surface area (Å²) in [6, 6.07) is 7.98. The first kappa shape index (κ1) is 10.9. The van der Waals surface area contributed by atoms with Gasteiger partial charge in [0.15, 0.2) is 0 Å². The molecule has 2 heteroatoms. The van der Waals surface area contributed by atoms with Crippen molar-refractivity contribution in [2.24, 2.45) is 0 Å². The average Bonchev–Trinajstić information content (AvgIpc) is 2.25. The molecule has 1 N–H and O–H groups in total. The van der Waals surface area contributed by atoms with E-state index in [1.807, 2.05) is 31.2 Å². The highest BCUT2D eigenvalue weighted by molar-refractivity contribution is 5.61. The minimum Gasteiger partial charge on any atom is -0.396 e. The molecule has 0 fully saturated rings. The molecule has 1 atom stereocenters. The van der Waals surface area contributed by atoms with Gasteiger partial charge in [-0.15, -0.1) is 0 Å². The molecule has 0 radical (unpaired) electrons. The highest BCUT2D eigenvalue weighted by Crippen LogP contribution is 2.15. The van der Waals surface area contributed by atoms with E-state index in [2.05, 4.69) is 0 Å². The lowest BCUT2D eigenvalue weighted by molar-refractivity contribution is -0.108. The Morgan fingerprint density at radius 1 is 1.50 bits per heavy atom. The topological polar surface area (TPSA) is 37.3 Å². The Morgan fingerprint density at radius 3 is 2.93 bits per heavy atom. The molecule has 1 unspecified atom stereocenters. The van der Waals surface area contributed by atoms with Crippen LogP contribution in [0.2, 0.25) is 0 Å². The summed E-state index contributed by atoms with van der Waals surface area (Å²) in [5.74, 6) is -0.0379. The number of carbonyl (C=O) groups excluding carboxylic acids is 1. The zero-order valence-electron chi connectivity index (χ0n) is 8.44. The van der Waals surface area contributed by atoms with Gasteiger partial charge in [0.25, 0.3) is 0 Å². The van der Waals surface area contributed by atoms with Gasteiger partial charge in [-0.05, 0) is 24.0 Å². The van der Waals surface area contributed by atoms with E-state index in [1.165, 1.54) is 5.56 Å². The first-order valence-electron chi connectivity index (χ1n) is 4.93. The van der Waals surface area contributed by atoms with Crippen molar-refractivity contribution >= 4 is 6.29 Å². The standard InChI is InChI=1S/C12H16O2/c1-10(9-14)12-6-2-4-11(8-12)5-3-7-13/h2,4,6,8-10,13H,3,5,7H2,1H3. The molecule has 1 aromatic rings. The first-order valence-corrected chi connectivity index (χ1v) is 4.93. The molecule has 14 heavy (non-hydrogen) atoms. The molecule has 0 heterocycles. The largest absolute Gasteiger partial charge is 0.396 e. The lowest BCUT2D eigenvalue weighted by Crippen LogP contribution is -1.96. The second-order valence-corrected chi connectivity index (χ2v) is 3.50. The summed E-state index contributed by atoms with van der Waals surface area (Å²) >= 11 is 0. The molecule has 0 bridgehead atoms. The average molecular weight is 192 g/mol. The highest BCUT2D eigenvalue weighted by Gasteiger charge is 2.03. The van der Waals surface area contributed by atoms with Gasteiger partial charge in [0.05, 0.1) is 0 Å². The minimum absolute atomic E-state index is 0.0379. The normalized spacial score (nSPS) is 12.4. The van der Waals surface area contributed by atoms with Gasteiger partial charge in [0.2, 0.25) is 0 Å². The second-order valence-electron chi connectivity index (χ2n) is 3.50. The fourth-order valence-corrected chi connectivity index (χ4v) is 1.39. The number of benzene rings is 1. The smallest absolute Gasteiger partial charge is 0.127 e. The maximum Gasteiger partial charge on any atom is 0.127 e. The molecule has 0 aliphatic heterocycles. The Bertz CT molecular complexity index is 294. The van der Waals surface area contributed by atoms with Crippen LogP contribution in [0.5, 0.6) is 0 Å². The van der Waals surface area contributed by atoms with E-state index in [4.69, 9.17) is 5.11 Å². The molecule has 0 amide bonds. The van der Waals surface area contributed by atoms with Crippen molar-refractivity contribution in [1.82, 2.24) is 0 Å². The van der Waals surface area contributed by atoms with Crippen LogP contribution < -0.4 is 0 Å². The Morgan fingerprint density at radius 2 is 2.29 bits per heavy atom. The summed E-state index contributed by atoms with van der Waals surface area (Å²) < 4.78 is 0. The summed E-state index contributed by atoms with van der Waals surface area (Å²) in [7, 11) is 0. The van der Waals surface area contributed by atoms with Crippen molar-refractivity contribution in [2.45, 2.75) is 25.7 Å². The van der Waals surface area contributed by atoms with Crippen LogP contribution in [0.3, 0.4) is 0 Å². The van der Waals surface area contributed by atoms with Crippen LogP contribution in [-0.4, -0.2) is 18.0 Å². The van der Waals surface area contributed by atoms with Gasteiger partial charge in [-0.1, -0.05) is 31.2 Å². The van der Waals surface area contributed by atoms with Crippen LogP contribution in [0.4, 0.5) is 0 Å². The van der Waals surface area contributed by atoms with Crippen LogP contribution in [0.15, 0.2) is 24.3 Å². The third-order valence-corrected chi connectivity index (χ3v) is 2.30. The summed E-state index contributed by atoms with van der Waals surface area (Å²) in [4.78, 5) is 10.6. The number of hydrogen-bond donors (Lipinski definition) is 1. The van der Waals surface area contributed by atoms with Crippen molar-refractivity contribution in [3.05, 3.63) is 35.4 Å². The van der Waals surface area contributed by atoms with E-state index in [0.29, 0.717) is 0 Å². The third kappa shape index (κ3) is 2.96. The number of rotatable bonds is 5. The second kappa shape index (κ2) is 5.55. The van der Waals surface area contributed by atoms with Crippen LogP contribution in [0.25, 0.3) is 0 Å². The molecule has 0 saturated carbocycles. The van der Waals surface area contributed by atoms with Gasteiger partial charge in [0.1, 0.15) is 6.29 Å². The Hall–Kier alpha value is -1.15. The summed E-state index contributed by atoms with van der Waals surface area (Å²) in [5, 5.41) is 8.70. The third-order valence-electron chi connectivity index (χ3n) is 2.30. The summed E-state index contributed by atoms with van der Waals surface area (Å²) in [5.41, 5.74) is 2.24. The van der Waals surface area contributed by atoms with Crippen molar-refractivity contribution in [3.8, 4) is 0 Å². The molecule has 0 spiro atoms. The maximum atomic E-state index is 10.6. The van der Waals surface area contributed by atoms with Crippen molar-refractivity contribution in [2.75, 3.05) is 6.61 Å². The fraction of sp³-hybridized carbons (Fsp3) is 0.417. The van der Waals surface area contributed by atoms with E-state index in [1.54, 1.807) is 0 Å². The Labute approximate surface area is 84.6 Å². The van der Waals surface area contributed by atoms with Gasteiger partial charge in [-0.25, -0.2) is 0 Å². The Kier molecular flexibility index (Phi) is 4.33. The van der Waals surface area contributed by atoms with Crippen LogP contribution in [0, 0.1) is 0 Å². The summed E-state index contributed by atoms with van der Waals surface area (Å²) in [6.07, 6.45) is 2.60. The van der Waals surface area contributed by atoms with Gasteiger partial charge in [0, 0.05) is 12.5 Å². The lowest BCUT2D eigenvalue weighted by Gasteiger charge is -2.06. The molecular weight excluding hydrogens is 176 g/mol. The molecule has 0 saturated heterocycles. The Balaban J connectivity index is 2.73. The van der Waals surface area contributed by atoms with Gasteiger partial charge in [-0.3, -0.25) is 0 Å². The van der Waals surface area contributed by atoms with Gasteiger partial charge in [-0.2, -0.15) is 0 Å². The number of aryl methyl sites for hydroxylation is 1. The van der Waals surface area contributed by atoms with E-state index in [9.17, 15) is 4.79 Å². The molecule has 1 rings (SSSR count). The monoisotopic (exact) mass is 192 g/mol. The molecule has 1 aromatic carbocycles. The minimum atomic E-state index is -0.0379. The zero-order valence-corrected chi connectivity index (χ0v) is 8.44. The molecule has 2 nitrogen and oxygen atoms in total. The highest BCUT2D eigenvalue weighted by atomic mass is 16.2. The predicted octanol–water partition coefficient (Wildman–Crippen LogP) is 1.91. The summed E-state index contributed by atoms with van der Waals surface area (Å²) in [6.45, 7) is 2.10. The van der Waals surface area contributed by atoms with Crippen LogP contribution in [-0.2, 0) is 11.2 Å². The molecule has 76 valence electrons. The molecule has 0 aliphatic rings. The van der Waals surface area contributed by atoms with Gasteiger partial charge >= 0.3 is 0 Å². The quantitative estimate of drug-likeness (QED) is 0.724. The SMILES string of the molecule is CC(C=O)c1cccc(CCCO)c1. The van der Waals surface area contributed by atoms with E-state index in [-0.39, 0.29) is 12.5 Å². The maximum absolute atomic E-state index is 10.6. The number of aldehydes is 1. The molecular formula is C12H16O2. The van der Waals surface area contributed by atoms with Crippen molar-refractivity contribution in [1.29, 1.82) is 0 Å². The van der Waals surface area contributed by atoms with Crippen molar-refractivity contribution in [3.63, 3.8) is 0 Å². The molecule has 0 aliphatic carbocycles. The molecule has 0 aromatic heterocycles. The number of carbonyl (C=O) groups is 1. The first-order chi connectivity index (χ1) is 6.77. The number of hydrogen-bond acceptors (Lipinski definition) is 2. The van der Waals surface area contributed by atoms with E-state index < -0.39 is 0 Å². The van der Waals surface area contributed by atoms with Crippen LogP contribution in [0.1, 0.15) is 30.4 Å². The predicted molar refractivity (Wildman–Crippen MR) is 56.3 cm³/mol. The lowest BCUT2D eigenvalue weighted by atomic mass is 9.99. The van der Waals surface area contributed by atoms with Crippen molar-refractivity contribution < 1.29 is 9.90 Å². The van der Waals surface area contributed by atoms with Gasteiger partial charge < -0.3 is 9.90 Å². The van der Waals surface area contributed by atoms with E-state index in [0.717, 1.165) is 24.7 Å². The zero-order chi connectivity index (χ0) is 10.4. The number of aliphatic hydroxyl groups is 1. The van der Waals surface area contributed by atoms with E-state index >= 15 is 0 Å².